The van der Waals surface area contributed by atoms with Crippen molar-refractivity contribution in [2.45, 2.75) is 13.3 Å². The van der Waals surface area contributed by atoms with Gasteiger partial charge in [-0.2, -0.15) is 0 Å². The van der Waals surface area contributed by atoms with E-state index in [9.17, 15) is 4.39 Å². The molecule has 2 aromatic carbocycles. The van der Waals surface area contributed by atoms with Crippen LogP contribution in [0.25, 0.3) is 0 Å². The summed E-state index contributed by atoms with van der Waals surface area (Å²) in [4.78, 5) is 0. The summed E-state index contributed by atoms with van der Waals surface area (Å²) in [7, 11) is 0. The molecule has 0 radical (unpaired) electrons. The zero-order valence-corrected chi connectivity index (χ0v) is 12.7. The van der Waals surface area contributed by atoms with Crippen LogP contribution >= 0.6 is 15.9 Å². The van der Waals surface area contributed by atoms with Crippen molar-refractivity contribution in [3.05, 3.63) is 46.7 Å². The van der Waals surface area contributed by atoms with Gasteiger partial charge in [-0.3, -0.25) is 0 Å². The van der Waals surface area contributed by atoms with Gasteiger partial charge in [-0.15, -0.1) is 0 Å². The molecule has 0 heterocycles. The molecule has 0 aromatic heterocycles. The number of hydrogen-bond acceptors (Lipinski definition) is 3. The summed E-state index contributed by atoms with van der Waals surface area (Å²) in [6.45, 7) is 2.62. The first-order valence-electron chi connectivity index (χ1n) is 6.34. The zero-order chi connectivity index (χ0) is 14.5. The van der Waals surface area contributed by atoms with Crippen molar-refractivity contribution in [1.29, 1.82) is 0 Å². The molecule has 0 spiro atoms. The first-order valence-corrected chi connectivity index (χ1v) is 7.14. The Morgan fingerprint density at radius 2 is 2.05 bits per heavy atom. The number of ether oxygens (including phenoxy) is 1. The fourth-order valence-electron chi connectivity index (χ4n) is 1.70. The minimum Gasteiger partial charge on any atom is -0.491 e. The van der Waals surface area contributed by atoms with Crippen molar-refractivity contribution in [3.63, 3.8) is 0 Å². The summed E-state index contributed by atoms with van der Waals surface area (Å²) in [6, 6.07) is 10.0. The SMILES string of the molecule is CCCOc1cc(Nc2cc(Br)ccc2F)ccc1N. The number of anilines is 3. The Morgan fingerprint density at radius 1 is 1.25 bits per heavy atom. The summed E-state index contributed by atoms with van der Waals surface area (Å²) >= 11 is 3.32. The first kappa shape index (κ1) is 14.7. The quantitative estimate of drug-likeness (QED) is 0.776. The van der Waals surface area contributed by atoms with E-state index in [1.807, 2.05) is 6.92 Å². The van der Waals surface area contributed by atoms with Gasteiger partial charge < -0.3 is 15.8 Å². The second-order valence-electron chi connectivity index (χ2n) is 4.35. The highest BCUT2D eigenvalue weighted by Crippen LogP contribution is 2.29. The lowest BCUT2D eigenvalue weighted by Crippen LogP contribution is -2.00. The summed E-state index contributed by atoms with van der Waals surface area (Å²) in [5, 5.41) is 3.02. The second-order valence-corrected chi connectivity index (χ2v) is 5.27. The molecule has 3 nitrogen and oxygen atoms in total. The van der Waals surface area contributed by atoms with Gasteiger partial charge in [0.2, 0.25) is 0 Å². The Kier molecular flexibility index (Phi) is 4.84. The van der Waals surface area contributed by atoms with Gasteiger partial charge in [-0.25, -0.2) is 4.39 Å². The van der Waals surface area contributed by atoms with Gasteiger partial charge in [-0.1, -0.05) is 22.9 Å². The minimum absolute atomic E-state index is 0.318. The van der Waals surface area contributed by atoms with Crippen LogP contribution in [0.2, 0.25) is 0 Å². The third-order valence-corrected chi connectivity index (χ3v) is 3.18. The van der Waals surface area contributed by atoms with Crippen LogP contribution in [-0.2, 0) is 0 Å². The zero-order valence-electron chi connectivity index (χ0n) is 11.1. The van der Waals surface area contributed by atoms with E-state index in [0.717, 1.165) is 16.6 Å². The Morgan fingerprint density at radius 3 is 2.80 bits per heavy atom. The highest BCUT2D eigenvalue weighted by atomic mass is 79.9. The predicted molar refractivity (Wildman–Crippen MR) is 84.0 cm³/mol. The monoisotopic (exact) mass is 338 g/mol. The molecule has 0 atom stereocenters. The topological polar surface area (TPSA) is 47.3 Å². The lowest BCUT2D eigenvalue weighted by Gasteiger charge is -2.12. The molecule has 0 saturated heterocycles. The minimum atomic E-state index is -0.318. The van der Waals surface area contributed by atoms with Gasteiger partial charge >= 0.3 is 0 Å². The number of nitrogens with two attached hydrogens (primary N) is 1. The molecule has 0 unspecified atom stereocenters. The van der Waals surface area contributed by atoms with Gasteiger partial charge in [-0.05, 0) is 36.8 Å². The fourth-order valence-corrected chi connectivity index (χ4v) is 2.06. The number of nitrogens with one attached hydrogen (secondary N) is 1. The molecule has 2 aromatic rings. The lowest BCUT2D eigenvalue weighted by molar-refractivity contribution is 0.319. The smallest absolute Gasteiger partial charge is 0.146 e. The molecule has 0 saturated carbocycles. The summed E-state index contributed by atoms with van der Waals surface area (Å²) in [5.74, 6) is 0.285. The van der Waals surface area contributed by atoms with E-state index in [0.29, 0.717) is 23.7 Å². The van der Waals surface area contributed by atoms with Gasteiger partial charge in [0.25, 0.3) is 0 Å². The molecule has 20 heavy (non-hydrogen) atoms. The van der Waals surface area contributed by atoms with Gasteiger partial charge in [0, 0.05) is 16.2 Å². The molecule has 0 amide bonds. The third-order valence-electron chi connectivity index (χ3n) is 2.68. The van der Waals surface area contributed by atoms with Crippen molar-refractivity contribution in [3.8, 4) is 5.75 Å². The van der Waals surface area contributed by atoms with E-state index in [4.69, 9.17) is 10.5 Å². The van der Waals surface area contributed by atoms with E-state index in [-0.39, 0.29) is 5.82 Å². The normalized spacial score (nSPS) is 10.3. The lowest BCUT2D eigenvalue weighted by atomic mass is 10.2. The number of nitrogen functional groups attached to an aromatic ring is 1. The van der Waals surface area contributed by atoms with Crippen molar-refractivity contribution in [2.24, 2.45) is 0 Å². The highest BCUT2D eigenvalue weighted by Gasteiger charge is 2.06. The van der Waals surface area contributed by atoms with Crippen LogP contribution in [-0.4, -0.2) is 6.61 Å². The number of benzene rings is 2. The molecule has 0 aliphatic carbocycles. The molecule has 0 fully saturated rings. The second kappa shape index (κ2) is 6.61. The van der Waals surface area contributed by atoms with Crippen LogP contribution in [0, 0.1) is 5.82 Å². The Hall–Kier alpha value is -1.75. The third kappa shape index (κ3) is 3.63. The van der Waals surface area contributed by atoms with Crippen LogP contribution in [0.4, 0.5) is 21.5 Å². The molecule has 5 heteroatoms. The largest absolute Gasteiger partial charge is 0.491 e. The van der Waals surface area contributed by atoms with Crippen LogP contribution in [0.5, 0.6) is 5.75 Å². The predicted octanol–water partition coefficient (Wildman–Crippen LogP) is 4.70. The number of halogens is 2. The molecule has 0 aliphatic rings. The molecule has 0 bridgehead atoms. The van der Waals surface area contributed by atoms with E-state index in [2.05, 4.69) is 21.2 Å². The first-order chi connectivity index (χ1) is 9.60. The molecular formula is C15H16BrFN2O. The highest BCUT2D eigenvalue weighted by molar-refractivity contribution is 9.10. The Labute approximate surface area is 126 Å². The van der Waals surface area contributed by atoms with E-state index < -0.39 is 0 Å². The van der Waals surface area contributed by atoms with E-state index in [1.54, 1.807) is 30.3 Å². The van der Waals surface area contributed by atoms with Crippen LogP contribution in [0.1, 0.15) is 13.3 Å². The molecule has 106 valence electrons. The average Bonchev–Trinajstić information content (AvgIpc) is 2.43. The van der Waals surface area contributed by atoms with E-state index >= 15 is 0 Å². The molecule has 0 aliphatic heterocycles. The summed E-state index contributed by atoms with van der Waals surface area (Å²) in [5.41, 5.74) is 7.53. The van der Waals surface area contributed by atoms with Crippen LogP contribution in [0.15, 0.2) is 40.9 Å². The Bertz CT molecular complexity index is 604. The standard InChI is InChI=1S/C15H16BrFN2O/c1-2-7-20-15-9-11(4-6-13(15)18)19-14-8-10(16)3-5-12(14)17/h3-6,8-9,19H,2,7,18H2,1H3. The van der Waals surface area contributed by atoms with Crippen molar-refractivity contribution in [1.82, 2.24) is 0 Å². The molecular weight excluding hydrogens is 323 g/mol. The summed E-state index contributed by atoms with van der Waals surface area (Å²) in [6.07, 6.45) is 0.900. The molecule has 2 rings (SSSR count). The van der Waals surface area contributed by atoms with Gasteiger partial charge in [0.05, 0.1) is 18.0 Å². The maximum atomic E-state index is 13.7. The van der Waals surface area contributed by atoms with Crippen LogP contribution < -0.4 is 15.8 Å². The van der Waals surface area contributed by atoms with Gasteiger partial charge in [0.1, 0.15) is 11.6 Å². The summed E-state index contributed by atoms with van der Waals surface area (Å²) < 4.78 is 20.1. The van der Waals surface area contributed by atoms with Crippen molar-refractivity contribution >= 4 is 33.0 Å². The number of rotatable bonds is 5. The number of hydrogen-bond donors (Lipinski definition) is 2. The average molecular weight is 339 g/mol. The van der Waals surface area contributed by atoms with Crippen LogP contribution in [0.3, 0.4) is 0 Å². The van der Waals surface area contributed by atoms with Crippen molar-refractivity contribution in [2.75, 3.05) is 17.7 Å². The molecule has 3 N–H and O–H groups in total. The fraction of sp³-hybridized carbons (Fsp3) is 0.200. The van der Waals surface area contributed by atoms with Gasteiger partial charge in [0.15, 0.2) is 0 Å². The maximum absolute atomic E-state index is 13.7. The Balaban J connectivity index is 2.22. The maximum Gasteiger partial charge on any atom is 0.146 e. The van der Waals surface area contributed by atoms with E-state index in [1.165, 1.54) is 6.07 Å². The van der Waals surface area contributed by atoms with Crippen molar-refractivity contribution < 1.29 is 9.13 Å².